The summed E-state index contributed by atoms with van der Waals surface area (Å²) in [5, 5.41) is 11.9. The standard InChI is InChI=1S/C32H31FN6/c1-21-11-13-39(14-12-21)20-23-15-25(18-34-17-23)24-7-9-31-28(16-24)32(38-37-31)22(2)36-26-8-10-30(35-19-26)27-5-3-4-6-29(27)33/h3-10,15-19,21,36H,2,11-14,20H2,1H3,(H,37,38). The van der Waals surface area contributed by atoms with Crippen molar-refractivity contribution in [3.8, 4) is 22.4 Å². The van der Waals surface area contributed by atoms with E-state index in [0.29, 0.717) is 17.0 Å². The normalized spacial score (nSPS) is 14.5. The molecule has 1 aliphatic rings. The van der Waals surface area contributed by atoms with Crippen LogP contribution in [-0.4, -0.2) is 38.2 Å². The van der Waals surface area contributed by atoms with E-state index in [1.165, 1.54) is 24.5 Å². The fourth-order valence-electron chi connectivity index (χ4n) is 5.16. The predicted molar refractivity (Wildman–Crippen MR) is 155 cm³/mol. The summed E-state index contributed by atoms with van der Waals surface area (Å²) >= 11 is 0. The molecule has 5 aromatic rings. The van der Waals surface area contributed by atoms with Crippen molar-refractivity contribution in [2.75, 3.05) is 18.4 Å². The van der Waals surface area contributed by atoms with E-state index in [1.807, 2.05) is 24.5 Å². The van der Waals surface area contributed by atoms with E-state index in [4.69, 9.17) is 0 Å². The fraction of sp³-hybridized carbons (Fsp3) is 0.219. The molecule has 0 unspecified atom stereocenters. The van der Waals surface area contributed by atoms with Gasteiger partial charge in [0.2, 0.25) is 0 Å². The average molecular weight is 519 g/mol. The molecule has 1 saturated heterocycles. The first-order valence-electron chi connectivity index (χ1n) is 13.4. The van der Waals surface area contributed by atoms with Crippen LogP contribution in [0.15, 0.2) is 85.8 Å². The second-order valence-electron chi connectivity index (χ2n) is 10.4. The van der Waals surface area contributed by atoms with Crippen molar-refractivity contribution in [3.63, 3.8) is 0 Å². The Hall–Kier alpha value is -4.36. The highest BCUT2D eigenvalue weighted by Gasteiger charge is 2.17. The van der Waals surface area contributed by atoms with Gasteiger partial charge in [-0.2, -0.15) is 5.10 Å². The molecule has 3 aromatic heterocycles. The molecule has 0 amide bonds. The molecule has 0 saturated carbocycles. The highest BCUT2D eigenvalue weighted by Crippen LogP contribution is 2.30. The summed E-state index contributed by atoms with van der Waals surface area (Å²) in [6, 6.07) is 18.8. The Morgan fingerprint density at radius 3 is 2.67 bits per heavy atom. The lowest BCUT2D eigenvalue weighted by Crippen LogP contribution is -2.32. The summed E-state index contributed by atoms with van der Waals surface area (Å²) in [7, 11) is 0. The van der Waals surface area contributed by atoms with E-state index in [1.54, 1.807) is 30.5 Å². The molecule has 0 radical (unpaired) electrons. The van der Waals surface area contributed by atoms with Crippen LogP contribution in [0.2, 0.25) is 0 Å². The molecule has 6 rings (SSSR count). The Morgan fingerprint density at radius 1 is 1.03 bits per heavy atom. The molecule has 39 heavy (non-hydrogen) atoms. The number of rotatable bonds is 7. The van der Waals surface area contributed by atoms with Gasteiger partial charge in [-0.1, -0.05) is 31.7 Å². The van der Waals surface area contributed by atoms with Gasteiger partial charge in [-0.15, -0.1) is 0 Å². The topological polar surface area (TPSA) is 69.7 Å². The number of H-pyrrole nitrogens is 1. The molecule has 0 bridgehead atoms. The number of benzene rings is 2. The van der Waals surface area contributed by atoms with Crippen molar-refractivity contribution >= 4 is 22.3 Å². The van der Waals surface area contributed by atoms with Crippen LogP contribution in [0.1, 0.15) is 31.0 Å². The highest BCUT2D eigenvalue weighted by molar-refractivity contribution is 5.95. The van der Waals surface area contributed by atoms with Crippen LogP contribution in [-0.2, 0) is 6.54 Å². The smallest absolute Gasteiger partial charge is 0.132 e. The third-order valence-corrected chi connectivity index (χ3v) is 7.47. The first kappa shape index (κ1) is 24.9. The Morgan fingerprint density at radius 2 is 1.87 bits per heavy atom. The maximum absolute atomic E-state index is 14.1. The number of piperidine rings is 1. The number of aromatic nitrogens is 4. The van der Waals surface area contributed by atoms with E-state index in [0.717, 1.165) is 59.0 Å². The maximum atomic E-state index is 14.1. The SMILES string of the molecule is C=C(Nc1ccc(-c2ccccc2F)nc1)c1n[nH]c2ccc(-c3cncc(CN4CCC(C)CC4)c3)cc12. The van der Waals surface area contributed by atoms with Gasteiger partial charge in [0.25, 0.3) is 0 Å². The molecule has 1 aliphatic heterocycles. The number of fused-ring (bicyclic) bond motifs is 1. The minimum Gasteiger partial charge on any atom is -0.353 e. The van der Waals surface area contributed by atoms with E-state index < -0.39 is 0 Å². The molecule has 2 aromatic carbocycles. The largest absolute Gasteiger partial charge is 0.353 e. The third kappa shape index (κ3) is 5.45. The molecule has 0 atom stereocenters. The zero-order valence-corrected chi connectivity index (χ0v) is 22.0. The number of likely N-dealkylation sites (tertiary alicyclic amines) is 1. The van der Waals surface area contributed by atoms with Crippen molar-refractivity contribution in [1.29, 1.82) is 0 Å². The Bertz CT molecular complexity index is 1620. The fourth-order valence-corrected chi connectivity index (χ4v) is 5.16. The zero-order chi connectivity index (χ0) is 26.8. The van der Waals surface area contributed by atoms with E-state index >= 15 is 0 Å². The lowest BCUT2D eigenvalue weighted by Gasteiger charge is -2.30. The number of nitrogens with one attached hydrogen (secondary N) is 2. The van der Waals surface area contributed by atoms with Crippen molar-refractivity contribution in [2.24, 2.45) is 5.92 Å². The third-order valence-electron chi connectivity index (χ3n) is 7.47. The van der Waals surface area contributed by atoms with Crippen LogP contribution in [0.25, 0.3) is 39.0 Å². The summed E-state index contributed by atoms with van der Waals surface area (Å²) in [4.78, 5) is 11.5. The van der Waals surface area contributed by atoms with Crippen molar-refractivity contribution in [1.82, 2.24) is 25.1 Å². The van der Waals surface area contributed by atoms with E-state index in [-0.39, 0.29) is 5.82 Å². The van der Waals surface area contributed by atoms with Crippen LogP contribution in [0, 0.1) is 11.7 Å². The molecular formula is C32H31FN6. The number of hydrogen-bond acceptors (Lipinski definition) is 5. The van der Waals surface area contributed by atoms with Gasteiger partial charge < -0.3 is 5.32 Å². The predicted octanol–water partition coefficient (Wildman–Crippen LogP) is 7.14. The van der Waals surface area contributed by atoms with Gasteiger partial charge in [0.15, 0.2) is 0 Å². The van der Waals surface area contributed by atoms with Gasteiger partial charge in [-0.25, -0.2) is 4.39 Å². The summed E-state index contributed by atoms with van der Waals surface area (Å²) in [5.74, 6) is 0.524. The molecule has 4 heterocycles. The molecule has 7 heteroatoms. The average Bonchev–Trinajstić information content (AvgIpc) is 3.39. The number of hydrogen-bond donors (Lipinski definition) is 2. The lowest BCUT2D eigenvalue weighted by molar-refractivity contribution is 0.185. The first-order chi connectivity index (χ1) is 19.0. The molecule has 1 fully saturated rings. The van der Waals surface area contributed by atoms with Crippen molar-refractivity contribution in [3.05, 3.63) is 103 Å². The molecule has 0 aliphatic carbocycles. The Balaban J connectivity index is 1.20. The number of nitrogens with zero attached hydrogens (tertiary/aromatic N) is 4. The van der Waals surface area contributed by atoms with Gasteiger partial charge in [0, 0.05) is 35.5 Å². The molecule has 0 spiro atoms. The summed E-state index contributed by atoms with van der Waals surface area (Å²) in [6.07, 6.45) is 8.08. The Kier molecular flexibility index (Phi) is 6.90. The van der Waals surface area contributed by atoms with Crippen molar-refractivity contribution < 1.29 is 4.39 Å². The molecule has 196 valence electrons. The number of aromatic amines is 1. The van der Waals surface area contributed by atoms with Gasteiger partial charge >= 0.3 is 0 Å². The second kappa shape index (κ2) is 10.8. The highest BCUT2D eigenvalue weighted by atomic mass is 19.1. The monoisotopic (exact) mass is 518 g/mol. The second-order valence-corrected chi connectivity index (χ2v) is 10.4. The molecule has 6 nitrogen and oxygen atoms in total. The van der Waals surface area contributed by atoms with Crippen LogP contribution < -0.4 is 5.32 Å². The van der Waals surface area contributed by atoms with Crippen LogP contribution in [0.3, 0.4) is 0 Å². The number of anilines is 1. The summed E-state index contributed by atoms with van der Waals surface area (Å²) in [6.45, 7) is 9.78. The van der Waals surface area contributed by atoms with Crippen LogP contribution in [0.4, 0.5) is 10.1 Å². The quantitative estimate of drug-likeness (QED) is 0.240. The van der Waals surface area contributed by atoms with Gasteiger partial charge in [-0.05, 0) is 85.4 Å². The van der Waals surface area contributed by atoms with Gasteiger partial charge in [0.05, 0.1) is 28.8 Å². The lowest BCUT2D eigenvalue weighted by atomic mass is 9.98. The minimum atomic E-state index is -0.296. The minimum absolute atomic E-state index is 0.296. The Labute approximate surface area is 227 Å². The summed E-state index contributed by atoms with van der Waals surface area (Å²) < 4.78 is 14.1. The zero-order valence-electron chi connectivity index (χ0n) is 22.0. The van der Waals surface area contributed by atoms with Crippen LogP contribution in [0.5, 0.6) is 0 Å². The van der Waals surface area contributed by atoms with Gasteiger partial charge in [0.1, 0.15) is 11.5 Å². The number of halogens is 1. The molecule has 2 N–H and O–H groups in total. The van der Waals surface area contributed by atoms with Crippen molar-refractivity contribution in [2.45, 2.75) is 26.3 Å². The van der Waals surface area contributed by atoms with E-state index in [9.17, 15) is 4.39 Å². The van der Waals surface area contributed by atoms with Crippen LogP contribution >= 0.6 is 0 Å². The summed E-state index contributed by atoms with van der Waals surface area (Å²) in [5.41, 5.74) is 7.48. The van der Waals surface area contributed by atoms with Gasteiger partial charge in [-0.3, -0.25) is 20.0 Å². The maximum Gasteiger partial charge on any atom is 0.132 e. The molecular weight excluding hydrogens is 487 g/mol. The number of pyridine rings is 2. The first-order valence-corrected chi connectivity index (χ1v) is 13.4. The van der Waals surface area contributed by atoms with E-state index in [2.05, 4.69) is 62.1 Å².